The summed E-state index contributed by atoms with van der Waals surface area (Å²) in [5.41, 5.74) is 0. The van der Waals surface area contributed by atoms with E-state index in [1.54, 1.807) is 0 Å². The number of carbonyl (C=O) groups is 2. The molecule has 0 aromatic rings. The third-order valence-electron chi connectivity index (χ3n) is 12.4. The van der Waals surface area contributed by atoms with Crippen LogP contribution in [-0.4, -0.2) is 98.3 Å². The van der Waals surface area contributed by atoms with Crippen molar-refractivity contribution in [3.63, 3.8) is 0 Å². The molecular weight excluding hydrogens is 840 g/mol. The second kappa shape index (κ2) is 40.6. The summed E-state index contributed by atoms with van der Waals surface area (Å²) < 4.78 is 33.6. The highest BCUT2D eigenvalue weighted by molar-refractivity contribution is 7.47. The van der Waals surface area contributed by atoms with Crippen LogP contribution in [0.3, 0.4) is 0 Å². The predicted molar refractivity (Wildman–Crippen MR) is 254 cm³/mol. The standard InChI is InChI=1S/C50H95O13P/c1-3-5-7-9-11-13-15-17-18-19-20-21-22-23-24-25-27-28-30-32-34-36-38-43(51)60-40-42(41-61-64(58,59)63-50-48(56)46(54)45(53)47(55)49(50)57)62-44(52)39-37-35-33-31-29-26-16-14-12-10-8-6-4-2/h26,29,42,45-50,53-57H,3-25,27-28,30-41H2,1-2H3,(H,58,59)/b29-26+/t42-,45?,46-,47?,48?,49?,50?/m0/s1. The molecule has 0 spiro atoms. The minimum absolute atomic E-state index is 0.0806. The van der Waals surface area contributed by atoms with E-state index in [2.05, 4.69) is 26.0 Å². The number of carbonyl (C=O) groups excluding carboxylic acids is 2. The van der Waals surface area contributed by atoms with Gasteiger partial charge in [0.25, 0.3) is 0 Å². The van der Waals surface area contributed by atoms with Gasteiger partial charge in [-0.25, -0.2) is 4.57 Å². The molecule has 8 atom stereocenters. The van der Waals surface area contributed by atoms with E-state index in [0.29, 0.717) is 12.8 Å². The van der Waals surface area contributed by atoms with Gasteiger partial charge in [0.05, 0.1) is 6.61 Å². The molecule has 1 rings (SSSR count). The Morgan fingerprint density at radius 2 is 0.797 bits per heavy atom. The lowest BCUT2D eigenvalue weighted by atomic mass is 9.85. The first kappa shape index (κ1) is 60.6. The van der Waals surface area contributed by atoms with E-state index in [0.717, 1.165) is 44.9 Å². The van der Waals surface area contributed by atoms with Crippen LogP contribution in [0.2, 0.25) is 0 Å². The van der Waals surface area contributed by atoms with Gasteiger partial charge in [0.15, 0.2) is 6.10 Å². The Bertz CT molecular complexity index is 1170. The lowest BCUT2D eigenvalue weighted by Crippen LogP contribution is -2.64. The molecule has 14 heteroatoms. The van der Waals surface area contributed by atoms with Crippen molar-refractivity contribution in [2.24, 2.45) is 0 Å². The van der Waals surface area contributed by atoms with Crippen LogP contribution in [-0.2, 0) is 32.7 Å². The van der Waals surface area contributed by atoms with Crippen molar-refractivity contribution in [1.82, 2.24) is 0 Å². The summed E-state index contributed by atoms with van der Waals surface area (Å²) in [4.78, 5) is 35.8. The molecule has 1 aliphatic rings. The molecule has 0 bridgehead atoms. The number of unbranched alkanes of at least 4 members (excludes halogenated alkanes) is 30. The van der Waals surface area contributed by atoms with E-state index in [-0.39, 0.29) is 12.8 Å². The van der Waals surface area contributed by atoms with Gasteiger partial charge in [0, 0.05) is 12.8 Å². The molecule has 0 aromatic heterocycles. The molecule has 0 amide bonds. The summed E-state index contributed by atoms with van der Waals surface area (Å²) >= 11 is 0. The number of hydrogen-bond donors (Lipinski definition) is 6. The number of aliphatic hydroxyl groups is 5. The number of esters is 2. The van der Waals surface area contributed by atoms with Crippen molar-refractivity contribution >= 4 is 19.8 Å². The number of phosphoric ester groups is 1. The highest BCUT2D eigenvalue weighted by Gasteiger charge is 2.51. The zero-order chi connectivity index (χ0) is 47.1. The average molecular weight is 935 g/mol. The Balaban J connectivity index is 2.34. The molecule has 0 aromatic carbocycles. The number of phosphoric acid groups is 1. The maximum atomic E-state index is 12.8. The molecule has 1 aliphatic carbocycles. The summed E-state index contributed by atoms with van der Waals surface area (Å²) in [5, 5.41) is 50.2. The number of allylic oxidation sites excluding steroid dienone is 2. The summed E-state index contributed by atoms with van der Waals surface area (Å²) in [6.07, 6.45) is 31.3. The van der Waals surface area contributed by atoms with E-state index in [1.165, 1.54) is 154 Å². The van der Waals surface area contributed by atoms with Crippen molar-refractivity contribution < 1.29 is 63.1 Å². The first-order valence-electron chi connectivity index (χ1n) is 26.0. The Morgan fingerprint density at radius 1 is 0.469 bits per heavy atom. The highest BCUT2D eigenvalue weighted by Crippen LogP contribution is 2.47. The quantitative estimate of drug-likeness (QED) is 0.0146. The first-order valence-corrected chi connectivity index (χ1v) is 27.5. The van der Waals surface area contributed by atoms with Gasteiger partial charge in [0.1, 0.15) is 43.2 Å². The summed E-state index contributed by atoms with van der Waals surface area (Å²) in [5.74, 6) is -1.10. The van der Waals surface area contributed by atoms with Gasteiger partial charge in [-0.05, 0) is 38.5 Å². The SMILES string of the molecule is CCCCCCCC/C=C/CCCCCC(=O)O[C@@H](COC(=O)CCCCCCCCCCCCCCCCCCCCCCCC)COP(=O)(O)OC1C(O)C(O)C(O)[C@H](O)C1O. The molecule has 0 heterocycles. The van der Waals surface area contributed by atoms with Gasteiger partial charge in [-0.15, -0.1) is 0 Å². The molecule has 0 radical (unpaired) electrons. The predicted octanol–water partition coefficient (Wildman–Crippen LogP) is 11.0. The summed E-state index contributed by atoms with van der Waals surface area (Å²) in [7, 11) is -5.12. The Labute approximate surface area is 388 Å². The average Bonchev–Trinajstić information content (AvgIpc) is 3.28. The van der Waals surface area contributed by atoms with Crippen molar-refractivity contribution in [3.8, 4) is 0 Å². The Morgan fingerprint density at radius 3 is 1.20 bits per heavy atom. The van der Waals surface area contributed by atoms with E-state index < -0.39 is 75.7 Å². The fourth-order valence-electron chi connectivity index (χ4n) is 8.17. The van der Waals surface area contributed by atoms with Crippen LogP contribution in [0.15, 0.2) is 12.2 Å². The molecular formula is C50H95O13P. The lowest BCUT2D eigenvalue weighted by Gasteiger charge is -2.41. The van der Waals surface area contributed by atoms with Gasteiger partial charge in [-0.3, -0.25) is 18.6 Å². The molecule has 64 heavy (non-hydrogen) atoms. The van der Waals surface area contributed by atoms with Crippen molar-refractivity contribution in [2.45, 2.75) is 281 Å². The van der Waals surface area contributed by atoms with E-state index in [4.69, 9.17) is 18.5 Å². The molecule has 6 N–H and O–H groups in total. The fraction of sp³-hybridized carbons (Fsp3) is 0.920. The van der Waals surface area contributed by atoms with Gasteiger partial charge < -0.3 is 39.9 Å². The van der Waals surface area contributed by atoms with Gasteiger partial charge in [0.2, 0.25) is 0 Å². The fourth-order valence-corrected chi connectivity index (χ4v) is 9.14. The topological polar surface area (TPSA) is 210 Å². The van der Waals surface area contributed by atoms with Gasteiger partial charge in [-0.2, -0.15) is 0 Å². The monoisotopic (exact) mass is 935 g/mol. The maximum absolute atomic E-state index is 12.8. The summed E-state index contributed by atoms with van der Waals surface area (Å²) in [6, 6.07) is 0. The van der Waals surface area contributed by atoms with E-state index >= 15 is 0 Å². The largest absolute Gasteiger partial charge is 0.472 e. The minimum atomic E-state index is -5.12. The van der Waals surface area contributed by atoms with Crippen molar-refractivity contribution in [1.29, 1.82) is 0 Å². The normalized spacial score (nSPS) is 21.6. The van der Waals surface area contributed by atoms with Crippen LogP contribution < -0.4 is 0 Å². The zero-order valence-electron chi connectivity index (χ0n) is 40.3. The van der Waals surface area contributed by atoms with Crippen LogP contribution in [0.5, 0.6) is 0 Å². The zero-order valence-corrected chi connectivity index (χ0v) is 41.2. The number of ether oxygens (including phenoxy) is 2. The smallest absolute Gasteiger partial charge is 0.462 e. The third kappa shape index (κ3) is 32.3. The minimum Gasteiger partial charge on any atom is -0.462 e. The van der Waals surface area contributed by atoms with Crippen LogP contribution in [0.4, 0.5) is 0 Å². The first-order chi connectivity index (χ1) is 30.9. The van der Waals surface area contributed by atoms with Crippen molar-refractivity contribution in [3.05, 3.63) is 12.2 Å². The molecule has 1 fully saturated rings. The molecule has 0 saturated heterocycles. The second-order valence-corrected chi connectivity index (χ2v) is 19.8. The van der Waals surface area contributed by atoms with Crippen LogP contribution in [0.1, 0.15) is 239 Å². The third-order valence-corrected chi connectivity index (χ3v) is 13.3. The second-order valence-electron chi connectivity index (χ2n) is 18.4. The van der Waals surface area contributed by atoms with Crippen molar-refractivity contribution in [2.75, 3.05) is 13.2 Å². The molecule has 13 nitrogen and oxygen atoms in total. The number of aliphatic hydroxyl groups excluding tert-OH is 5. The lowest BCUT2D eigenvalue weighted by molar-refractivity contribution is -0.220. The molecule has 378 valence electrons. The van der Waals surface area contributed by atoms with Crippen LogP contribution in [0.25, 0.3) is 0 Å². The number of rotatable bonds is 44. The molecule has 1 saturated carbocycles. The maximum Gasteiger partial charge on any atom is 0.472 e. The van der Waals surface area contributed by atoms with Crippen LogP contribution >= 0.6 is 7.82 Å². The van der Waals surface area contributed by atoms with E-state index in [9.17, 15) is 44.6 Å². The molecule has 0 aliphatic heterocycles. The van der Waals surface area contributed by atoms with Crippen LogP contribution in [0, 0.1) is 0 Å². The number of hydrogen-bond acceptors (Lipinski definition) is 12. The Kier molecular flexibility index (Phi) is 38.5. The van der Waals surface area contributed by atoms with E-state index in [1.807, 2.05) is 0 Å². The Hall–Kier alpha value is -1.41. The molecule has 6 unspecified atom stereocenters. The van der Waals surface area contributed by atoms with Gasteiger partial charge in [-0.1, -0.05) is 199 Å². The van der Waals surface area contributed by atoms with Gasteiger partial charge >= 0.3 is 19.8 Å². The summed E-state index contributed by atoms with van der Waals surface area (Å²) in [6.45, 7) is 3.31. The highest BCUT2D eigenvalue weighted by atomic mass is 31.2.